The number of nitrogens with zero attached hydrogens (tertiary/aromatic N) is 2. The molecule has 120 valence electrons. The first-order chi connectivity index (χ1) is 11.2. The molecule has 1 amide bonds. The fourth-order valence-corrected chi connectivity index (χ4v) is 2.77. The molecule has 3 rings (SSSR count). The van der Waals surface area contributed by atoms with Crippen LogP contribution < -0.4 is 0 Å². The second-order valence-electron chi connectivity index (χ2n) is 5.66. The molecule has 0 aliphatic carbocycles. The number of aromatic nitrogens is 1. The molecule has 1 aromatic heterocycles. The molecule has 23 heavy (non-hydrogen) atoms. The Hall–Kier alpha value is -2.40. The summed E-state index contributed by atoms with van der Waals surface area (Å²) in [4.78, 5) is 18.8. The van der Waals surface area contributed by atoms with Gasteiger partial charge in [-0.3, -0.25) is 9.78 Å². The maximum absolute atomic E-state index is 12.8. The molecule has 1 aliphatic heterocycles. The summed E-state index contributed by atoms with van der Waals surface area (Å²) < 4.78 is 5.66. The minimum absolute atomic E-state index is 0.00383. The summed E-state index contributed by atoms with van der Waals surface area (Å²) >= 11 is 0. The summed E-state index contributed by atoms with van der Waals surface area (Å²) in [5, 5.41) is 9.96. The maximum Gasteiger partial charge on any atom is 0.258 e. The third-order valence-electron chi connectivity index (χ3n) is 3.95. The summed E-state index contributed by atoms with van der Waals surface area (Å²) in [6.07, 6.45) is 3.73. The van der Waals surface area contributed by atoms with Gasteiger partial charge < -0.3 is 14.7 Å². The van der Waals surface area contributed by atoms with E-state index in [1.54, 1.807) is 29.3 Å². The number of pyridine rings is 1. The lowest BCUT2D eigenvalue weighted by Gasteiger charge is -2.25. The van der Waals surface area contributed by atoms with E-state index in [2.05, 4.69) is 4.98 Å². The molecular formula is C18H20N2O3. The smallest absolute Gasteiger partial charge is 0.258 e. The molecule has 1 aromatic carbocycles. The molecule has 0 spiro atoms. The molecule has 5 nitrogen and oxygen atoms in total. The molecule has 0 radical (unpaired) electrons. The van der Waals surface area contributed by atoms with Crippen LogP contribution in [0.4, 0.5) is 0 Å². The van der Waals surface area contributed by atoms with E-state index < -0.39 is 0 Å². The Kier molecular flexibility index (Phi) is 4.88. The SMILES string of the molecule is O=C(c1ccccc1O)N(Cc1ccccn1)C[C@@H]1CCCO1. The fraction of sp³-hybridized carbons (Fsp3) is 0.333. The second-order valence-corrected chi connectivity index (χ2v) is 5.66. The maximum atomic E-state index is 12.8. The van der Waals surface area contributed by atoms with Crippen molar-refractivity contribution < 1.29 is 14.6 Å². The van der Waals surface area contributed by atoms with Crippen molar-refractivity contribution in [2.45, 2.75) is 25.5 Å². The first-order valence-corrected chi connectivity index (χ1v) is 7.83. The summed E-state index contributed by atoms with van der Waals surface area (Å²) in [6, 6.07) is 12.3. The summed E-state index contributed by atoms with van der Waals surface area (Å²) in [7, 11) is 0. The Balaban J connectivity index is 1.81. The van der Waals surface area contributed by atoms with Crippen molar-refractivity contribution in [3.8, 4) is 5.75 Å². The Morgan fingerprint density at radius 2 is 2.09 bits per heavy atom. The van der Waals surface area contributed by atoms with Crippen LogP contribution in [0.5, 0.6) is 5.75 Å². The van der Waals surface area contributed by atoms with Crippen LogP contribution in [0.15, 0.2) is 48.7 Å². The van der Waals surface area contributed by atoms with Gasteiger partial charge in [-0.25, -0.2) is 0 Å². The van der Waals surface area contributed by atoms with E-state index in [0.29, 0.717) is 18.7 Å². The molecule has 2 heterocycles. The van der Waals surface area contributed by atoms with Crippen LogP contribution in [0, 0.1) is 0 Å². The lowest BCUT2D eigenvalue weighted by molar-refractivity contribution is 0.0502. The number of benzene rings is 1. The topological polar surface area (TPSA) is 62.7 Å². The highest BCUT2D eigenvalue weighted by atomic mass is 16.5. The molecule has 2 aromatic rings. The standard InChI is InChI=1S/C18H20N2O3/c21-17-9-2-1-8-16(17)18(22)20(13-15-7-5-11-23-15)12-14-6-3-4-10-19-14/h1-4,6,8-10,15,21H,5,7,11-13H2/t15-/m0/s1. The van der Waals surface area contributed by atoms with Crippen molar-refractivity contribution in [1.82, 2.24) is 9.88 Å². The molecule has 0 saturated carbocycles. The van der Waals surface area contributed by atoms with Crippen LogP contribution in [0.25, 0.3) is 0 Å². The highest BCUT2D eigenvalue weighted by Crippen LogP contribution is 2.21. The number of para-hydroxylation sites is 1. The van der Waals surface area contributed by atoms with Crippen LogP contribution in [0.1, 0.15) is 28.9 Å². The molecule has 1 atom stereocenters. The molecule has 0 unspecified atom stereocenters. The Labute approximate surface area is 135 Å². The van der Waals surface area contributed by atoms with Gasteiger partial charge >= 0.3 is 0 Å². The lowest BCUT2D eigenvalue weighted by atomic mass is 10.1. The van der Waals surface area contributed by atoms with Crippen LogP contribution in [-0.2, 0) is 11.3 Å². The highest BCUT2D eigenvalue weighted by molar-refractivity contribution is 5.96. The number of aromatic hydroxyl groups is 1. The van der Waals surface area contributed by atoms with E-state index in [4.69, 9.17) is 4.74 Å². The van der Waals surface area contributed by atoms with Crippen molar-refractivity contribution in [2.75, 3.05) is 13.2 Å². The van der Waals surface area contributed by atoms with Gasteiger partial charge in [0.2, 0.25) is 0 Å². The van der Waals surface area contributed by atoms with Crippen molar-refractivity contribution in [3.63, 3.8) is 0 Å². The van der Waals surface area contributed by atoms with Gasteiger partial charge in [-0.15, -0.1) is 0 Å². The monoisotopic (exact) mass is 312 g/mol. The first-order valence-electron chi connectivity index (χ1n) is 7.83. The molecule has 1 saturated heterocycles. The average Bonchev–Trinajstić information content (AvgIpc) is 3.08. The Morgan fingerprint density at radius 3 is 2.78 bits per heavy atom. The van der Waals surface area contributed by atoms with Gasteiger partial charge in [-0.1, -0.05) is 18.2 Å². The van der Waals surface area contributed by atoms with Crippen molar-refractivity contribution in [1.29, 1.82) is 0 Å². The minimum Gasteiger partial charge on any atom is -0.507 e. The zero-order chi connectivity index (χ0) is 16.1. The van der Waals surface area contributed by atoms with Crippen molar-refractivity contribution >= 4 is 5.91 Å². The summed E-state index contributed by atoms with van der Waals surface area (Å²) in [5.41, 5.74) is 1.12. The Bertz CT molecular complexity index is 654. The number of phenols is 1. The lowest BCUT2D eigenvalue weighted by Crippen LogP contribution is -2.37. The Morgan fingerprint density at radius 1 is 1.26 bits per heavy atom. The van der Waals surface area contributed by atoms with E-state index in [9.17, 15) is 9.90 Å². The van der Waals surface area contributed by atoms with Gasteiger partial charge in [-0.05, 0) is 37.1 Å². The quantitative estimate of drug-likeness (QED) is 0.922. The van der Waals surface area contributed by atoms with Gasteiger partial charge in [0, 0.05) is 19.3 Å². The number of rotatable bonds is 5. The second kappa shape index (κ2) is 7.24. The number of carbonyl (C=O) groups is 1. The van der Waals surface area contributed by atoms with Gasteiger partial charge in [0.05, 0.1) is 23.9 Å². The van der Waals surface area contributed by atoms with Gasteiger partial charge in [-0.2, -0.15) is 0 Å². The number of carbonyl (C=O) groups excluding carboxylic acids is 1. The molecular weight excluding hydrogens is 292 g/mol. The number of phenolic OH excluding ortho intramolecular Hbond substituents is 1. The van der Waals surface area contributed by atoms with Crippen molar-refractivity contribution in [3.05, 3.63) is 59.9 Å². The van der Waals surface area contributed by atoms with Gasteiger partial charge in [0.25, 0.3) is 5.91 Å². The molecule has 5 heteroatoms. The predicted molar refractivity (Wildman–Crippen MR) is 86.1 cm³/mol. The van der Waals surface area contributed by atoms with Crippen LogP contribution in [0.2, 0.25) is 0 Å². The zero-order valence-electron chi connectivity index (χ0n) is 12.9. The van der Waals surface area contributed by atoms with Crippen LogP contribution >= 0.6 is 0 Å². The number of hydrogen-bond acceptors (Lipinski definition) is 4. The summed E-state index contributed by atoms with van der Waals surface area (Å²) in [6.45, 7) is 1.64. The molecule has 1 fully saturated rings. The van der Waals surface area contributed by atoms with E-state index in [1.165, 1.54) is 6.07 Å². The average molecular weight is 312 g/mol. The van der Waals surface area contributed by atoms with Crippen molar-refractivity contribution in [2.24, 2.45) is 0 Å². The largest absolute Gasteiger partial charge is 0.507 e. The fourth-order valence-electron chi connectivity index (χ4n) is 2.77. The predicted octanol–water partition coefficient (Wildman–Crippen LogP) is 2.61. The minimum atomic E-state index is -0.204. The number of ether oxygens (including phenoxy) is 1. The van der Waals surface area contributed by atoms with E-state index in [1.807, 2.05) is 18.2 Å². The van der Waals surface area contributed by atoms with Gasteiger partial charge in [0.15, 0.2) is 0 Å². The van der Waals surface area contributed by atoms with Crippen LogP contribution in [0.3, 0.4) is 0 Å². The third-order valence-corrected chi connectivity index (χ3v) is 3.95. The van der Waals surface area contributed by atoms with E-state index >= 15 is 0 Å². The number of hydrogen-bond donors (Lipinski definition) is 1. The highest BCUT2D eigenvalue weighted by Gasteiger charge is 2.25. The normalized spacial score (nSPS) is 17.1. The van der Waals surface area contributed by atoms with E-state index in [-0.39, 0.29) is 17.8 Å². The van der Waals surface area contributed by atoms with Crippen LogP contribution in [-0.4, -0.2) is 40.2 Å². The van der Waals surface area contributed by atoms with E-state index in [0.717, 1.165) is 25.1 Å². The number of amides is 1. The van der Waals surface area contributed by atoms with Gasteiger partial charge in [0.1, 0.15) is 5.75 Å². The molecule has 1 aliphatic rings. The molecule has 0 bridgehead atoms. The zero-order valence-corrected chi connectivity index (χ0v) is 12.9. The first kappa shape index (κ1) is 15.5. The summed E-state index contributed by atoms with van der Waals surface area (Å²) in [5.74, 6) is -0.208. The third kappa shape index (κ3) is 3.87. The molecule has 1 N–H and O–H groups in total.